The van der Waals surface area contributed by atoms with E-state index >= 15 is 0 Å². The standard InChI is InChI=1S/C23H36N4O4/c1-17-14-27(15-18(2)31-17)21-6-4-3-5-20(21)25-23(28)24-13-22(19-7-10-30-16-19)26-8-11-29-12-9-26/h3-6,17-19,22H,7-16H2,1-2H3,(H2,24,25,28). The molecule has 4 unspecified atom stereocenters. The molecule has 1 aromatic rings. The van der Waals surface area contributed by atoms with E-state index in [1.807, 2.05) is 18.2 Å². The summed E-state index contributed by atoms with van der Waals surface area (Å²) < 4.78 is 17.0. The Bertz CT molecular complexity index is 711. The van der Waals surface area contributed by atoms with Crippen LogP contribution in [0, 0.1) is 5.92 Å². The van der Waals surface area contributed by atoms with Gasteiger partial charge in [0.25, 0.3) is 0 Å². The van der Waals surface area contributed by atoms with Crippen LogP contribution in [0.1, 0.15) is 20.3 Å². The van der Waals surface area contributed by atoms with Gasteiger partial charge in [0.15, 0.2) is 0 Å². The summed E-state index contributed by atoms with van der Waals surface area (Å²) in [6.07, 6.45) is 1.36. The van der Waals surface area contributed by atoms with Crippen LogP contribution in [0.4, 0.5) is 16.2 Å². The lowest BCUT2D eigenvalue weighted by Gasteiger charge is -2.38. The van der Waals surface area contributed by atoms with Crippen LogP contribution in [0.3, 0.4) is 0 Å². The number of hydrogen-bond acceptors (Lipinski definition) is 6. The van der Waals surface area contributed by atoms with E-state index in [1.165, 1.54) is 0 Å². The molecular weight excluding hydrogens is 396 g/mol. The Morgan fingerprint density at radius 2 is 1.84 bits per heavy atom. The number of hydrogen-bond donors (Lipinski definition) is 2. The number of nitrogens with zero attached hydrogens (tertiary/aromatic N) is 2. The summed E-state index contributed by atoms with van der Waals surface area (Å²) in [5.41, 5.74) is 1.86. The number of urea groups is 1. The minimum atomic E-state index is -0.168. The fourth-order valence-electron chi connectivity index (χ4n) is 4.95. The van der Waals surface area contributed by atoms with Crippen molar-refractivity contribution in [1.29, 1.82) is 0 Å². The van der Waals surface area contributed by atoms with Crippen molar-refractivity contribution >= 4 is 17.4 Å². The molecule has 0 saturated carbocycles. The highest BCUT2D eigenvalue weighted by Gasteiger charge is 2.32. The number of carbonyl (C=O) groups excluding carboxylic acids is 1. The highest BCUT2D eigenvalue weighted by atomic mass is 16.5. The number of carbonyl (C=O) groups is 1. The molecule has 31 heavy (non-hydrogen) atoms. The zero-order valence-electron chi connectivity index (χ0n) is 18.7. The predicted molar refractivity (Wildman–Crippen MR) is 121 cm³/mol. The van der Waals surface area contributed by atoms with Crippen molar-refractivity contribution in [1.82, 2.24) is 10.2 Å². The second-order valence-corrected chi connectivity index (χ2v) is 8.85. The second-order valence-electron chi connectivity index (χ2n) is 8.85. The third-order valence-corrected chi connectivity index (χ3v) is 6.41. The molecule has 1 aromatic carbocycles. The molecule has 4 atom stereocenters. The summed E-state index contributed by atoms with van der Waals surface area (Å²) in [6.45, 7) is 11.3. The Morgan fingerprint density at radius 3 is 2.55 bits per heavy atom. The molecule has 2 amide bonds. The molecule has 0 aromatic heterocycles. The van der Waals surface area contributed by atoms with Crippen molar-refractivity contribution in [2.45, 2.75) is 38.5 Å². The Hall–Kier alpha value is -1.87. The second kappa shape index (κ2) is 10.6. The average Bonchev–Trinajstić information content (AvgIpc) is 3.29. The molecule has 0 aliphatic carbocycles. The van der Waals surface area contributed by atoms with E-state index in [4.69, 9.17) is 14.2 Å². The Kier molecular flexibility index (Phi) is 7.66. The summed E-state index contributed by atoms with van der Waals surface area (Å²) in [4.78, 5) is 17.6. The quantitative estimate of drug-likeness (QED) is 0.718. The summed E-state index contributed by atoms with van der Waals surface area (Å²) in [5, 5.41) is 6.20. The van der Waals surface area contributed by atoms with Gasteiger partial charge in [-0.3, -0.25) is 4.90 Å². The van der Waals surface area contributed by atoms with Gasteiger partial charge in [-0.15, -0.1) is 0 Å². The highest BCUT2D eigenvalue weighted by molar-refractivity contribution is 5.93. The number of amides is 2. The average molecular weight is 433 g/mol. The lowest BCUT2D eigenvalue weighted by Crippen LogP contribution is -2.52. The van der Waals surface area contributed by atoms with Gasteiger partial charge in [0.1, 0.15) is 0 Å². The molecule has 3 heterocycles. The molecule has 3 fully saturated rings. The first kappa shape index (κ1) is 22.3. The Labute approximate surface area is 185 Å². The third-order valence-electron chi connectivity index (χ3n) is 6.41. The zero-order valence-corrected chi connectivity index (χ0v) is 18.7. The van der Waals surface area contributed by atoms with Crippen LogP contribution in [-0.2, 0) is 14.2 Å². The monoisotopic (exact) mass is 432 g/mol. The number of anilines is 2. The first-order valence-electron chi connectivity index (χ1n) is 11.5. The molecule has 8 heteroatoms. The summed E-state index contributed by atoms with van der Waals surface area (Å²) in [7, 11) is 0. The van der Waals surface area contributed by atoms with Crippen LogP contribution in [0.2, 0.25) is 0 Å². The molecule has 3 aliphatic rings. The third kappa shape index (κ3) is 5.88. The fraction of sp³-hybridized carbons (Fsp3) is 0.696. The molecule has 3 saturated heterocycles. The van der Waals surface area contributed by atoms with Crippen LogP contribution in [0.5, 0.6) is 0 Å². The van der Waals surface area contributed by atoms with Gasteiger partial charge >= 0.3 is 6.03 Å². The van der Waals surface area contributed by atoms with Gasteiger partial charge in [0, 0.05) is 51.3 Å². The first-order valence-corrected chi connectivity index (χ1v) is 11.5. The van der Waals surface area contributed by atoms with Crippen molar-refractivity contribution in [2.75, 3.05) is 69.4 Å². The van der Waals surface area contributed by atoms with E-state index in [0.29, 0.717) is 12.5 Å². The molecule has 172 valence electrons. The minimum Gasteiger partial charge on any atom is -0.381 e. The maximum Gasteiger partial charge on any atom is 0.319 e. The number of rotatable bonds is 6. The summed E-state index contributed by atoms with van der Waals surface area (Å²) in [6, 6.07) is 8.10. The SMILES string of the molecule is CC1CN(c2ccccc2NC(=O)NCC(C2CCOC2)N2CCOCC2)CC(C)O1. The Balaban J connectivity index is 1.38. The lowest BCUT2D eigenvalue weighted by molar-refractivity contribution is -0.00517. The van der Waals surface area contributed by atoms with Crippen LogP contribution >= 0.6 is 0 Å². The van der Waals surface area contributed by atoms with E-state index in [-0.39, 0.29) is 24.3 Å². The lowest BCUT2D eigenvalue weighted by atomic mass is 9.97. The number of para-hydroxylation sites is 2. The van der Waals surface area contributed by atoms with E-state index in [1.54, 1.807) is 0 Å². The maximum atomic E-state index is 12.8. The van der Waals surface area contributed by atoms with Crippen molar-refractivity contribution in [2.24, 2.45) is 5.92 Å². The molecule has 3 aliphatic heterocycles. The van der Waals surface area contributed by atoms with Gasteiger partial charge in [-0.05, 0) is 32.4 Å². The van der Waals surface area contributed by atoms with E-state index < -0.39 is 0 Å². The molecule has 4 rings (SSSR count). The van der Waals surface area contributed by atoms with E-state index in [0.717, 1.165) is 70.4 Å². The highest BCUT2D eigenvalue weighted by Crippen LogP contribution is 2.28. The molecule has 0 bridgehead atoms. The van der Waals surface area contributed by atoms with Gasteiger partial charge in [0.2, 0.25) is 0 Å². The molecular formula is C23H36N4O4. The van der Waals surface area contributed by atoms with Crippen LogP contribution in [-0.4, -0.2) is 88.3 Å². The van der Waals surface area contributed by atoms with Crippen molar-refractivity contribution in [3.63, 3.8) is 0 Å². The largest absolute Gasteiger partial charge is 0.381 e. The van der Waals surface area contributed by atoms with Gasteiger partial charge in [-0.2, -0.15) is 0 Å². The van der Waals surface area contributed by atoms with Crippen LogP contribution in [0.15, 0.2) is 24.3 Å². The van der Waals surface area contributed by atoms with Gasteiger partial charge in [-0.1, -0.05) is 12.1 Å². The molecule has 2 N–H and O–H groups in total. The van der Waals surface area contributed by atoms with Crippen LogP contribution < -0.4 is 15.5 Å². The van der Waals surface area contributed by atoms with Crippen molar-refractivity contribution in [3.05, 3.63) is 24.3 Å². The first-order chi connectivity index (χ1) is 15.1. The molecule has 8 nitrogen and oxygen atoms in total. The van der Waals surface area contributed by atoms with Crippen LogP contribution in [0.25, 0.3) is 0 Å². The molecule has 0 radical (unpaired) electrons. The van der Waals surface area contributed by atoms with Crippen molar-refractivity contribution < 1.29 is 19.0 Å². The van der Waals surface area contributed by atoms with E-state index in [2.05, 4.69) is 40.3 Å². The number of ether oxygens (including phenoxy) is 3. The van der Waals surface area contributed by atoms with Crippen molar-refractivity contribution in [3.8, 4) is 0 Å². The zero-order chi connectivity index (χ0) is 21.6. The fourth-order valence-corrected chi connectivity index (χ4v) is 4.95. The minimum absolute atomic E-state index is 0.161. The predicted octanol–water partition coefficient (Wildman–Crippen LogP) is 2.16. The van der Waals surface area contributed by atoms with Gasteiger partial charge in [0.05, 0.1) is 43.4 Å². The van der Waals surface area contributed by atoms with Gasteiger partial charge < -0.3 is 29.7 Å². The van der Waals surface area contributed by atoms with E-state index in [9.17, 15) is 4.79 Å². The normalized spacial score (nSPS) is 28.3. The summed E-state index contributed by atoms with van der Waals surface area (Å²) >= 11 is 0. The smallest absolute Gasteiger partial charge is 0.319 e. The number of benzene rings is 1. The maximum absolute atomic E-state index is 12.8. The summed E-state index contributed by atoms with van der Waals surface area (Å²) in [5.74, 6) is 0.446. The number of nitrogens with one attached hydrogen (secondary N) is 2. The Morgan fingerprint density at radius 1 is 1.10 bits per heavy atom. The molecule has 0 spiro atoms. The topological polar surface area (TPSA) is 75.3 Å². The van der Waals surface area contributed by atoms with Gasteiger partial charge in [-0.25, -0.2) is 4.79 Å². The number of morpholine rings is 2.